The number of hydrogen-bond acceptors (Lipinski definition) is 5. The Morgan fingerprint density at radius 1 is 1.33 bits per heavy atom. The highest BCUT2D eigenvalue weighted by Crippen LogP contribution is 2.32. The summed E-state index contributed by atoms with van der Waals surface area (Å²) in [6, 6.07) is 0.480. The van der Waals surface area contributed by atoms with Gasteiger partial charge in [-0.25, -0.2) is 10.8 Å². The average Bonchev–Trinajstić information content (AvgIpc) is 2.36. The molecule has 0 bridgehead atoms. The lowest BCUT2D eigenvalue weighted by atomic mass is 9.79. The molecule has 1 heterocycles. The molecule has 0 aromatic carbocycles. The number of nitrogens with zero attached hydrogens (tertiary/aromatic N) is 2. The van der Waals surface area contributed by atoms with Crippen LogP contribution in [0.2, 0.25) is 0 Å². The number of anilines is 2. The predicted molar refractivity (Wildman–Crippen MR) is 77.1 cm³/mol. The lowest BCUT2D eigenvalue weighted by Crippen LogP contribution is -2.31. The zero-order valence-electron chi connectivity index (χ0n) is 10.8. The van der Waals surface area contributed by atoms with Gasteiger partial charge in [-0.3, -0.25) is 5.43 Å². The fourth-order valence-electron chi connectivity index (χ4n) is 2.41. The summed E-state index contributed by atoms with van der Waals surface area (Å²) in [5.74, 6) is 8.13. The zero-order valence-corrected chi connectivity index (χ0v) is 12.4. The molecule has 0 saturated heterocycles. The van der Waals surface area contributed by atoms with Gasteiger partial charge in [-0.05, 0) is 47.0 Å². The van der Waals surface area contributed by atoms with Crippen LogP contribution in [0, 0.1) is 11.8 Å². The molecule has 4 N–H and O–H groups in total. The number of halogens is 1. The number of hydrogen-bond donors (Lipinski definition) is 3. The highest BCUT2D eigenvalue weighted by Gasteiger charge is 2.25. The van der Waals surface area contributed by atoms with Crippen LogP contribution in [-0.2, 0) is 0 Å². The molecule has 0 spiro atoms. The summed E-state index contributed by atoms with van der Waals surface area (Å²) >= 11 is 3.46. The number of nitrogen functional groups attached to an aromatic ring is 1. The maximum absolute atomic E-state index is 5.32. The predicted octanol–water partition coefficient (Wildman–Crippen LogP) is 2.76. The number of aromatic nitrogens is 2. The van der Waals surface area contributed by atoms with Crippen molar-refractivity contribution in [2.75, 3.05) is 10.7 Å². The van der Waals surface area contributed by atoms with Crippen LogP contribution in [0.15, 0.2) is 10.7 Å². The van der Waals surface area contributed by atoms with Crippen LogP contribution in [-0.4, -0.2) is 16.0 Å². The maximum atomic E-state index is 5.32. The summed E-state index contributed by atoms with van der Waals surface area (Å²) in [6.07, 6.45) is 5.35. The first kappa shape index (κ1) is 13.5. The van der Waals surface area contributed by atoms with E-state index in [1.165, 1.54) is 19.3 Å². The minimum absolute atomic E-state index is 0.429. The average molecular weight is 314 g/mol. The fourth-order valence-corrected chi connectivity index (χ4v) is 2.72. The third-order valence-corrected chi connectivity index (χ3v) is 4.39. The van der Waals surface area contributed by atoms with Gasteiger partial charge in [0, 0.05) is 12.2 Å². The van der Waals surface area contributed by atoms with E-state index >= 15 is 0 Å². The molecule has 6 heteroatoms. The van der Waals surface area contributed by atoms with Crippen molar-refractivity contribution in [2.24, 2.45) is 17.7 Å². The van der Waals surface area contributed by atoms with Crippen molar-refractivity contribution in [3.8, 4) is 0 Å². The monoisotopic (exact) mass is 313 g/mol. The van der Waals surface area contributed by atoms with E-state index in [0.29, 0.717) is 12.0 Å². The van der Waals surface area contributed by atoms with E-state index in [1.807, 2.05) is 0 Å². The second kappa shape index (κ2) is 5.84. The Balaban J connectivity index is 2.05. The van der Waals surface area contributed by atoms with Crippen LogP contribution < -0.4 is 16.6 Å². The van der Waals surface area contributed by atoms with Crippen LogP contribution in [0.5, 0.6) is 0 Å². The van der Waals surface area contributed by atoms with Crippen molar-refractivity contribution >= 4 is 27.7 Å². The van der Waals surface area contributed by atoms with Crippen LogP contribution in [0.25, 0.3) is 0 Å². The van der Waals surface area contributed by atoms with Crippen molar-refractivity contribution in [1.29, 1.82) is 0 Å². The minimum atomic E-state index is 0.429. The second-order valence-corrected chi connectivity index (χ2v) is 6.00. The molecule has 1 saturated carbocycles. The number of rotatable bonds is 3. The first-order valence-electron chi connectivity index (χ1n) is 6.36. The molecule has 5 nitrogen and oxygen atoms in total. The van der Waals surface area contributed by atoms with Crippen LogP contribution >= 0.6 is 15.9 Å². The molecule has 3 unspecified atom stereocenters. The van der Waals surface area contributed by atoms with Crippen molar-refractivity contribution < 1.29 is 0 Å². The molecule has 1 aromatic rings. The van der Waals surface area contributed by atoms with Crippen LogP contribution in [0.4, 0.5) is 11.8 Å². The van der Waals surface area contributed by atoms with Gasteiger partial charge in [0.25, 0.3) is 0 Å². The summed E-state index contributed by atoms with van der Waals surface area (Å²) in [5.41, 5.74) is 2.46. The topological polar surface area (TPSA) is 75.9 Å². The van der Waals surface area contributed by atoms with Crippen molar-refractivity contribution in [1.82, 2.24) is 9.97 Å². The first-order chi connectivity index (χ1) is 8.60. The molecule has 100 valence electrons. The first-order valence-corrected chi connectivity index (χ1v) is 7.15. The Kier molecular flexibility index (Phi) is 4.40. The third kappa shape index (κ3) is 3.11. The van der Waals surface area contributed by atoms with Crippen LogP contribution in [0.3, 0.4) is 0 Å². The van der Waals surface area contributed by atoms with E-state index in [0.717, 1.165) is 22.1 Å². The normalized spacial score (nSPS) is 27.9. The summed E-state index contributed by atoms with van der Waals surface area (Å²) in [4.78, 5) is 8.37. The Morgan fingerprint density at radius 3 is 2.78 bits per heavy atom. The van der Waals surface area contributed by atoms with E-state index in [-0.39, 0.29) is 0 Å². The molecule has 0 aliphatic heterocycles. The van der Waals surface area contributed by atoms with Gasteiger partial charge in [0.15, 0.2) is 0 Å². The van der Waals surface area contributed by atoms with E-state index < -0.39 is 0 Å². The molecule has 18 heavy (non-hydrogen) atoms. The Labute approximate surface area is 116 Å². The lowest BCUT2D eigenvalue weighted by molar-refractivity contribution is 0.260. The molecule has 1 aromatic heterocycles. The largest absolute Gasteiger partial charge is 0.366 e. The highest BCUT2D eigenvalue weighted by atomic mass is 79.9. The Bertz CT molecular complexity index is 411. The van der Waals surface area contributed by atoms with E-state index in [9.17, 15) is 0 Å². The fraction of sp³-hybridized carbons (Fsp3) is 0.667. The molecular formula is C12H20BrN5. The van der Waals surface area contributed by atoms with E-state index in [4.69, 9.17) is 5.84 Å². The smallest absolute Gasteiger partial charge is 0.239 e. The summed E-state index contributed by atoms with van der Waals surface area (Å²) in [6.45, 7) is 4.65. The van der Waals surface area contributed by atoms with Gasteiger partial charge in [0.2, 0.25) is 5.95 Å². The van der Waals surface area contributed by atoms with Crippen molar-refractivity contribution in [3.05, 3.63) is 10.7 Å². The van der Waals surface area contributed by atoms with Gasteiger partial charge in [0.05, 0.1) is 4.47 Å². The maximum Gasteiger partial charge on any atom is 0.239 e. The van der Waals surface area contributed by atoms with Crippen molar-refractivity contribution in [3.63, 3.8) is 0 Å². The van der Waals surface area contributed by atoms with Gasteiger partial charge in [0.1, 0.15) is 5.82 Å². The lowest BCUT2D eigenvalue weighted by Gasteiger charge is -2.32. The molecule has 1 aliphatic rings. The number of hydrazine groups is 1. The molecule has 0 amide bonds. The molecule has 3 atom stereocenters. The molecule has 0 radical (unpaired) electrons. The highest BCUT2D eigenvalue weighted by molar-refractivity contribution is 9.10. The Hall–Kier alpha value is -0.880. The number of nitrogens with two attached hydrogens (primary N) is 1. The van der Waals surface area contributed by atoms with Gasteiger partial charge >= 0.3 is 0 Å². The quantitative estimate of drug-likeness (QED) is 0.591. The molecule has 1 fully saturated rings. The summed E-state index contributed by atoms with van der Waals surface area (Å²) < 4.78 is 0.868. The third-order valence-electron chi connectivity index (χ3n) is 3.81. The van der Waals surface area contributed by atoms with Gasteiger partial charge in [-0.2, -0.15) is 4.98 Å². The minimum Gasteiger partial charge on any atom is -0.366 e. The molecule has 2 rings (SSSR count). The second-order valence-electron chi connectivity index (χ2n) is 5.14. The number of nitrogens with one attached hydrogen (secondary N) is 2. The summed E-state index contributed by atoms with van der Waals surface area (Å²) in [5, 5.41) is 3.48. The van der Waals surface area contributed by atoms with Gasteiger partial charge in [-0.15, -0.1) is 0 Å². The van der Waals surface area contributed by atoms with E-state index in [1.54, 1.807) is 6.20 Å². The SMILES string of the molecule is CC1CCC(Nc2nc(NN)ncc2Br)CC1C. The van der Waals surface area contributed by atoms with Gasteiger partial charge in [-0.1, -0.05) is 13.8 Å². The van der Waals surface area contributed by atoms with E-state index in [2.05, 4.69) is 50.5 Å². The van der Waals surface area contributed by atoms with Crippen LogP contribution in [0.1, 0.15) is 33.1 Å². The standard InChI is InChI=1S/C12H20BrN5/c1-7-3-4-9(5-8(7)2)16-11-10(13)6-15-12(17-11)18-14/h6-9H,3-5,14H2,1-2H3,(H2,15,16,17,18). The van der Waals surface area contributed by atoms with Gasteiger partial charge < -0.3 is 5.32 Å². The Morgan fingerprint density at radius 2 is 2.11 bits per heavy atom. The van der Waals surface area contributed by atoms with Crippen molar-refractivity contribution in [2.45, 2.75) is 39.2 Å². The summed E-state index contributed by atoms with van der Waals surface area (Å²) in [7, 11) is 0. The molecular weight excluding hydrogens is 294 g/mol. The molecule has 1 aliphatic carbocycles. The zero-order chi connectivity index (χ0) is 13.1.